The fourth-order valence-electron chi connectivity index (χ4n) is 3.12. The Labute approximate surface area is 133 Å². The number of nitrogens with one attached hydrogen (secondary N) is 3. The smallest absolute Gasteiger partial charge is 0.321 e. The lowest BCUT2D eigenvalue weighted by atomic mass is 10.1. The third kappa shape index (κ3) is 3.14. The summed E-state index contributed by atoms with van der Waals surface area (Å²) in [6.45, 7) is 0.952. The highest BCUT2D eigenvalue weighted by atomic mass is 16.2. The molecule has 2 heterocycles. The Morgan fingerprint density at radius 1 is 1.26 bits per heavy atom. The molecule has 1 aromatic carbocycles. The van der Waals surface area contributed by atoms with E-state index in [9.17, 15) is 4.79 Å². The Kier molecular flexibility index (Phi) is 3.63. The first-order valence-corrected chi connectivity index (χ1v) is 7.85. The number of fused-ring (bicyclic) bond motifs is 1. The van der Waals surface area contributed by atoms with Crippen molar-refractivity contribution in [3.8, 4) is 11.3 Å². The summed E-state index contributed by atoms with van der Waals surface area (Å²) >= 11 is 0. The maximum absolute atomic E-state index is 12.1. The molecule has 2 fully saturated rings. The molecule has 7 nitrogen and oxygen atoms in total. The molecule has 7 heteroatoms. The van der Waals surface area contributed by atoms with Gasteiger partial charge in [0.2, 0.25) is 0 Å². The number of piperidine rings is 1. The monoisotopic (exact) mass is 310 g/mol. The number of carbonyl (C=O) groups is 1. The molecule has 1 saturated heterocycles. The van der Waals surface area contributed by atoms with Crippen LogP contribution in [0.4, 0.5) is 10.7 Å². The van der Waals surface area contributed by atoms with E-state index in [0.29, 0.717) is 17.7 Å². The van der Waals surface area contributed by atoms with E-state index in [1.54, 1.807) is 6.20 Å². The zero-order valence-electron chi connectivity index (χ0n) is 12.6. The van der Waals surface area contributed by atoms with Gasteiger partial charge in [-0.3, -0.25) is 5.32 Å². The Morgan fingerprint density at radius 3 is 3.00 bits per heavy atom. The van der Waals surface area contributed by atoms with E-state index in [2.05, 4.69) is 31.1 Å². The van der Waals surface area contributed by atoms with Crippen molar-refractivity contribution in [1.29, 1.82) is 0 Å². The lowest BCUT2D eigenvalue weighted by Gasteiger charge is -2.23. The van der Waals surface area contributed by atoms with E-state index in [-0.39, 0.29) is 18.0 Å². The summed E-state index contributed by atoms with van der Waals surface area (Å²) in [6, 6.07) is 10.2. The summed E-state index contributed by atoms with van der Waals surface area (Å²) < 4.78 is 0. The van der Waals surface area contributed by atoms with Gasteiger partial charge >= 0.3 is 6.03 Å². The maximum atomic E-state index is 12.1. The van der Waals surface area contributed by atoms with Crippen LogP contribution in [0.25, 0.3) is 11.3 Å². The third-order valence-electron chi connectivity index (χ3n) is 4.39. The second kappa shape index (κ2) is 5.92. The highest BCUT2D eigenvalue weighted by Crippen LogP contribution is 2.37. The molecule has 1 aliphatic heterocycles. The van der Waals surface area contributed by atoms with Gasteiger partial charge in [-0.15, -0.1) is 5.10 Å². The molecule has 0 unspecified atom stereocenters. The van der Waals surface area contributed by atoms with Crippen LogP contribution in [-0.2, 0) is 0 Å². The molecule has 23 heavy (non-hydrogen) atoms. The van der Waals surface area contributed by atoms with Crippen LogP contribution in [-0.4, -0.2) is 39.8 Å². The molecule has 3 N–H and O–H groups in total. The topological polar surface area (TPSA) is 91.8 Å². The molecule has 118 valence electrons. The van der Waals surface area contributed by atoms with Crippen LogP contribution < -0.4 is 16.0 Å². The predicted molar refractivity (Wildman–Crippen MR) is 85.7 cm³/mol. The molecular formula is C16H18N6O. The largest absolute Gasteiger partial charge is 0.335 e. The van der Waals surface area contributed by atoms with E-state index >= 15 is 0 Å². The third-order valence-corrected chi connectivity index (χ3v) is 4.39. The van der Waals surface area contributed by atoms with Gasteiger partial charge in [0, 0.05) is 17.6 Å². The summed E-state index contributed by atoms with van der Waals surface area (Å²) in [4.78, 5) is 16.5. The molecule has 4 rings (SSSR count). The molecule has 0 bridgehead atoms. The Bertz CT molecular complexity index is 707. The molecule has 2 aliphatic rings. The van der Waals surface area contributed by atoms with Gasteiger partial charge in [-0.2, -0.15) is 5.10 Å². The first kappa shape index (κ1) is 14.1. The lowest BCUT2D eigenvalue weighted by molar-refractivity contribution is 0.243. The van der Waals surface area contributed by atoms with Gasteiger partial charge in [0.25, 0.3) is 5.95 Å². The minimum absolute atomic E-state index is 0.213. The number of amides is 2. The number of hydrogen-bond acceptors (Lipinski definition) is 5. The van der Waals surface area contributed by atoms with Crippen molar-refractivity contribution >= 4 is 12.0 Å². The van der Waals surface area contributed by atoms with Crippen molar-refractivity contribution in [2.75, 3.05) is 11.9 Å². The zero-order chi connectivity index (χ0) is 15.6. The number of hydrogen-bond donors (Lipinski definition) is 3. The molecular weight excluding hydrogens is 292 g/mol. The predicted octanol–water partition coefficient (Wildman–Crippen LogP) is 1.41. The summed E-state index contributed by atoms with van der Waals surface area (Å²) in [7, 11) is 0. The van der Waals surface area contributed by atoms with Crippen LogP contribution in [0.2, 0.25) is 0 Å². The quantitative estimate of drug-likeness (QED) is 0.797. The number of nitrogens with zero attached hydrogens (tertiary/aromatic N) is 3. The van der Waals surface area contributed by atoms with E-state index in [1.165, 1.54) is 0 Å². The second-order valence-corrected chi connectivity index (χ2v) is 5.99. The standard InChI is InChI=1S/C16H18N6O/c23-16(20-12-6-7-17-13-8-11(12)13)21-15-19-14(9-18-22-15)10-4-2-1-3-5-10/h1-5,9,11-13,17H,6-8H2,(H2,19,20,21,22,23)/t11-,12-,13-/m1/s1. The molecule has 2 aromatic rings. The van der Waals surface area contributed by atoms with Crippen molar-refractivity contribution in [1.82, 2.24) is 25.8 Å². The number of rotatable bonds is 3. The lowest BCUT2D eigenvalue weighted by Crippen LogP contribution is -2.45. The average Bonchev–Trinajstić information content (AvgIpc) is 3.37. The summed E-state index contributed by atoms with van der Waals surface area (Å²) in [5, 5.41) is 16.9. The highest BCUT2D eigenvalue weighted by molar-refractivity contribution is 5.87. The molecule has 1 aliphatic carbocycles. The number of carbonyl (C=O) groups excluding carboxylic acids is 1. The summed E-state index contributed by atoms with van der Waals surface area (Å²) in [5.41, 5.74) is 1.62. The average molecular weight is 310 g/mol. The van der Waals surface area contributed by atoms with Crippen LogP contribution in [0.1, 0.15) is 12.8 Å². The maximum Gasteiger partial charge on any atom is 0.321 e. The summed E-state index contributed by atoms with van der Waals surface area (Å²) in [6.07, 6.45) is 3.68. The van der Waals surface area contributed by atoms with E-state index < -0.39 is 0 Å². The van der Waals surface area contributed by atoms with E-state index in [1.807, 2.05) is 30.3 Å². The highest BCUT2D eigenvalue weighted by Gasteiger charge is 2.45. The molecule has 0 radical (unpaired) electrons. The Balaban J connectivity index is 1.41. The molecule has 1 aromatic heterocycles. The van der Waals surface area contributed by atoms with Crippen molar-refractivity contribution in [2.45, 2.75) is 24.9 Å². The van der Waals surface area contributed by atoms with E-state index in [0.717, 1.165) is 24.9 Å². The van der Waals surface area contributed by atoms with Gasteiger partial charge in [0.1, 0.15) is 0 Å². The molecule has 3 atom stereocenters. The number of urea groups is 1. The fourth-order valence-corrected chi connectivity index (χ4v) is 3.12. The van der Waals surface area contributed by atoms with Crippen molar-refractivity contribution in [3.63, 3.8) is 0 Å². The minimum Gasteiger partial charge on any atom is -0.335 e. The molecule has 2 amide bonds. The van der Waals surface area contributed by atoms with Crippen molar-refractivity contribution in [3.05, 3.63) is 36.5 Å². The van der Waals surface area contributed by atoms with Crippen LogP contribution in [0.3, 0.4) is 0 Å². The van der Waals surface area contributed by atoms with Gasteiger partial charge in [0.05, 0.1) is 11.9 Å². The van der Waals surface area contributed by atoms with Crippen LogP contribution in [0, 0.1) is 5.92 Å². The first-order valence-electron chi connectivity index (χ1n) is 7.85. The molecule has 1 saturated carbocycles. The molecule has 0 spiro atoms. The Hall–Kier alpha value is -2.54. The van der Waals surface area contributed by atoms with Crippen molar-refractivity contribution < 1.29 is 4.79 Å². The van der Waals surface area contributed by atoms with Gasteiger partial charge in [0.15, 0.2) is 0 Å². The number of benzene rings is 1. The number of anilines is 1. The SMILES string of the molecule is O=C(Nc1nncc(-c2ccccc2)n1)N[C@@H]1CCN[C@@H]2C[C@@H]21. The number of aromatic nitrogens is 3. The van der Waals surface area contributed by atoms with Gasteiger partial charge < -0.3 is 10.6 Å². The summed E-state index contributed by atoms with van der Waals surface area (Å²) in [5.74, 6) is 0.773. The fraction of sp³-hybridized carbons (Fsp3) is 0.375. The van der Waals surface area contributed by atoms with Crippen LogP contribution in [0.5, 0.6) is 0 Å². The van der Waals surface area contributed by atoms with Gasteiger partial charge in [-0.1, -0.05) is 30.3 Å². The van der Waals surface area contributed by atoms with Crippen molar-refractivity contribution in [2.24, 2.45) is 5.92 Å². The van der Waals surface area contributed by atoms with Crippen LogP contribution >= 0.6 is 0 Å². The van der Waals surface area contributed by atoms with E-state index in [4.69, 9.17) is 0 Å². The van der Waals surface area contributed by atoms with Gasteiger partial charge in [-0.25, -0.2) is 9.78 Å². The second-order valence-electron chi connectivity index (χ2n) is 5.99. The van der Waals surface area contributed by atoms with Crippen LogP contribution in [0.15, 0.2) is 36.5 Å². The normalized spacial score (nSPS) is 25.3. The minimum atomic E-state index is -0.269. The zero-order valence-corrected chi connectivity index (χ0v) is 12.6. The van der Waals surface area contributed by atoms with Gasteiger partial charge in [-0.05, 0) is 25.3 Å². The first-order chi connectivity index (χ1) is 11.3. The Morgan fingerprint density at radius 2 is 2.13 bits per heavy atom.